The number of anilines is 1. The molecule has 3 heterocycles. The Morgan fingerprint density at radius 1 is 0.744 bits per heavy atom. The normalized spacial score (nSPS) is 13.1. The molecular weight excluding hydrogens is 562 g/mol. The quantitative estimate of drug-likeness (QED) is 0.219. The lowest BCUT2D eigenvalue weighted by atomic mass is 10.0. The Morgan fingerprint density at radius 3 is 2.12 bits per heavy atom. The van der Waals surface area contributed by atoms with Gasteiger partial charge in [0.05, 0.1) is 29.1 Å². The lowest BCUT2D eigenvalue weighted by Crippen LogP contribution is -2.52. The second-order valence-electron chi connectivity index (χ2n) is 10.3. The number of benzene rings is 3. The van der Waals surface area contributed by atoms with Gasteiger partial charge >= 0.3 is 0 Å². The van der Waals surface area contributed by atoms with E-state index in [4.69, 9.17) is 16.0 Å². The number of halogens is 1. The first-order valence-corrected chi connectivity index (χ1v) is 14.5. The molecule has 2 aromatic heterocycles. The van der Waals surface area contributed by atoms with Gasteiger partial charge in [0.25, 0.3) is 5.91 Å². The molecule has 0 atom stereocenters. The largest absolute Gasteiger partial charge is 0.467 e. The topological polar surface area (TPSA) is 82.8 Å². The van der Waals surface area contributed by atoms with Crippen LogP contribution in [0.25, 0.3) is 22.4 Å². The Labute approximate surface area is 255 Å². The SMILES string of the molecule is O=C(CN(Cc1ccco1)C(=O)c1ccccc1Cl)N1CCN(c2ccc(-c3ccc(-c4ccccc4)cc3)nn2)CC1. The van der Waals surface area contributed by atoms with Crippen LogP contribution >= 0.6 is 11.6 Å². The fourth-order valence-electron chi connectivity index (χ4n) is 5.16. The zero-order chi connectivity index (χ0) is 29.6. The number of furan rings is 1. The summed E-state index contributed by atoms with van der Waals surface area (Å²) in [7, 11) is 0. The van der Waals surface area contributed by atoms with Gasteiger partial charge in [-0.25, -0.2) is 0 Å². The Bertz CT molecular complexity index is 1670. The van der Waals surface area contributed by atoms with E-state index in [9.17, 15) is 9.59 Å². The van der Waals surface area contributed by atoms with E-state index in [1.54, 1.807) is 47.6 Å². The summed E-state index contributed by atoms with van der Waals surface area (Å²) in [6, 6.07) is 32.9. The van der Waals surface area contributed by atoms with Gasteiger partial charge in [0.15, 0.2) is 5.82 Å². The molecule has 0 aliphatic carbocycles. The Balaban J connectivity index is 1.07. The van der Waals surface area contributed by atoms with Crippen molar-refractivity contribution in [3.8, 4) is 22.4 Å². The highest BCUT2D eigenvalue weighted by Crippen LogP contribution is 2.25. The maximum absolute atomic E-state index is 13.4. The van der Waals surface area contributed by atoms with Crippen molar-refractivity contribution in [1.29, 1.82) is 0 Å². The number of hydrogen-bond acceptors (Lipinski definition) is 6. The van der Waals surface area contributed by atoms with Crippen molar-refractivity contribution in [2.45, 2.75) is 6.54 Å². The number of carbonyl (C=O) groups excluding carboxylic acids is 2. The standard InChI is InChI=1S/C34H30ClN5O3/c35-30-11-5-4-10-29(30)34(42)40(23-28-9-6-22-43-28)24-33(41)39-20-18-38(19-21-39)32-17-16-31(36-37-32)27-14-12-26(13-15-27)25-7-2-1-3-8-25/h1-17,22H,18-21,23-24H2. The number of nitrogens with zero attached hydrogens (tertiary/aromatic N) is 5. The van der Waals surface area contributed by atoms with Crippen molar-refractivity contribution in [2.75, 3.05) is 37.6 Å². The number of rotatable bonds is 8. The third-order valence-corrected chi connectivity index (χ3v) is 7.87. The van der Waals surface area contributed by atoms with Crippen LogP contribution in [0, 0.1) is 0 Å². The molecule has 0 saturated carbocycles. The minimum Gasteiger partial charge on any atom is -0.467 e. The smallest absolute Gasteiger partial charge is 0.256 e. The summed E-state index contributed by atoms with van der Waals surface area (Å²) in [5.41, 5.74) is 4.48. The van der Waals surface area contributed by atoms with Crippen LogP contribution in [-0.2, 0) is 11.3 Å². The first-order valence-electron chi connectivity index (χ1n) is 14.1. The molecular formula is C34H30ClN5O3. The van der Waals surface area contributed by atoms with E-state index >= 15 is 0 Å². The molecule has 1 aliphatic rings. The van der Waals surface area contributed by atoms with Gasteiger partial charge in [-0.2, -0.15) is 0 Å². The maximum atomic E-state index is 13.4. The molecule has 5 aromatic rings. The Morgan fingerprint density at radius 2 is 1.44 bits per heavy atom. The van der Waals surface area contributed by atoms with Crippen molar-refractivity contribution in [3.63, 3.8) is 0 Å². The van der Waals surface area contributed by atoms with Crippen molar-refractivity contribution >= 4 is 29.2 Å². The molecule has 0 bridgehead atoms. The summed E-state index contributed by atoms with van der Waals surface area (Å²) in [6.07, 6.45) is 1.55. The molecule has 43 heavy (non-hydrogen) atoms. The van der Waals surface area contributed by atoms with Gasteiger partial charge in [0.1, 0.15) is 12.3 Å². The third-order valence-electron chi connectivity index (χ3n) is 7.54. The van der Waals surface area contributed by atoms with Crippen molar-refractivity contribution in [1.82, 2.24) is 20.0 Å². The molecule has 0 unspecified atom stereocenters. The highest BCUT2D eigenvalue weighted by Gasteiger charge is 2.27. The average molecular weight is 592 g/mol. The van der Waals surface area contributed by atoms with Gasteiger partial charge in [-0.15, -0.1) is 10.2 Å². The highest BCUT2D eigenvalue weighted by atomic mass is 35.5. The third kappa shape index (κ3) is 6.60. The van der Waals surface area contributed by atoms with E-state index in [-0.39, 0.29) is 24.9 Å². The molecule has 0 radical (unpaired) electrons. The Kier molecular flexibility index (Phi) is 8.47. The summed E-state index contributed by atoms with van der Waals surface area (Å²) in [5, 5.41) is 9.30. The van der Waals surface area contributed by atoms with E-state index in [1.807, 2.05) is 30.3 Å². The molecule has 2 amide bonds. The Hall–Kier alpha value is -4.95. The highest BCUT2D eigenvalue weighted by molar-refractivity contribution is 6.33. The monoisotopic (exact) mass is 591 g/mol. The number of hydrogen-bond donors (Lipinski definition) is 0. The van der Waals surface area contributed by atoms with Gasteiger partial charge in [-0.05, 0) is 47.5 Å². The minimum atomic E-state index is -0.320. The number of amides is 2. The van der Waals surface area contributed by atoms with Crippen LogP contribution in [-0.4, -0.2) is 64.5 Å². The van der Waals surface area contributed by atoms with Crippen molar-refractivity contribution in [3.05, 3.63) is 126 Å². The van der Waals surface area contributed by atoms with Gasteiger partial charge < -0.3 is 19.1 Å². The van der Waals surface area contributed by atoms with E-state index < -0.39 is 0 Å². The molecule has 1 saturated heterocycles. The number of aromatic nitrogens is 2. The molecule has 0 spiro atoms. The molecule has 216 valence electrons. The predicted octanol–water partition coefficient (Wildman–Crippen LogP) is 6.05. The van der Waals surface area contributed by atoms with Crippen LogP contribution in [0.2, 0.25) is 5.02 Å². The van der Waals surface area contributed by atoms with Gasteiger partial charge in [-0.3, -0.25) is 9.59 Å². The fraction of sp³-hybridized carbons (Fsp3) is 0.176. The van der Waals surface area contributed by atoms with E-state index in [2.05, 4.69) is 51.5 Å². The summed E-state index contributed by atoms with van der Waals surface area (Å²) >= 11 is 6.30. The maximum Gasteiger partial charge on any atom is 0.256 e. The molecule has 6 rings (SSSR count). The lowest BCUT2D eigenvalue weighted by molar-refractivity contribution is -0.132. The van der Waals surface area contributed by atoms with Crippen LogP contribution in [0.5, 0.6) is 0 Å². The summed E-state index contributed by atoms with van der Waals surface area (Å²) in [6.45, 7) is 2.34. The first-order chi connectivity index (χ1) is 21.0. The molecule has 9 heteroatoms. The lowest BCUT2D eigenvalue weighted by Gasteiger charge is -2.36. The van der Waals surface area contributed by atoms with Crippen molar-refractivity contribution < 1.29 is 14.0 Å². The van der Waals surface area contributed by atoms with Crippen LogP contribution in [0.1, 0.15) is 16.1 Å². The summed E-state index contributed by atoms with van der Waals surface area (Å²) in [4.78, 5) is 32.1. The van der Waals surface area contributed by atoms with Crippen molar-refractivity contribution in [2.24, 2.45) is 0 Å². The second kappa shape index (κ2) is 12.9. The molecule has 3 aromatic carbocycles. The van der Waals surface area contributed by atoms with Gasteiger partial charge in [0, 0.05) is 31.7 Å². The summed E-state index contributed by atoms with van der Waals surface area (Å²) < 4.78 is 5.46. The van der Waals surface area contributed by atoms with Crippen LogP contribution < -0.4 is 4.90 Å². The zero-order valence-electron chi connectivity index (χ0n) is 23.5. The van der Waals surface area contributed by atoms with Crippen LogP contribution in [0.4, 0.5) is 5.82 Å². The molecule has 1 fully saturated rings. The van der Waals surface area contributed by atoms with E-state index in [0.29, 0.717) is 42.5 Å². The first kappa shape index (κ1) is 28.2. The van der Waals surface area contributed by atoms with Gasteiger partial charge in [0.2, 0.25) is 5.91 Å². The molecule has 8 nitrogen and oxygen atoms in total. The second-order valence-corrected chi connectivity index (χ2v) is 10.7. The molecule has 1 aliphatic heterocycles. The summed E-state index contributed by atoms with van der Waals surface area (Å²) in [5.74, 6) is 0.906. The van der Waals surface area contributed by atoms with E-state index in [0.717, 1.165) is 22.6 Å². The molecule has 0 N–H and O–H groups in total. The predicted molar refractivity (Wildman–Crippen MR) is 167 cm³/mol. The van der Waals surface area contributed by atoms with Gasteiger partial charge in [-0.1, -0.05) is 78.3 Å². The number of piperazine rings is 1. The fourth-order valence-corrected chi connectivity index (χ4v) is 5.37. The minimum absolute atomic E-state index is 0.0810. The van der Waals surface area contributed by atoms with Crippen LogP contribution in [0.3, 0.4) is 0 Å². The zero-order valence-corrected chi connectivity index (χ0v) is 24.2. The number of carbonyl (C=O) groups is 2. The van der Waals surface area contributed by atoms with E-state index in [1.165, 1.54) is 10.5 Å². The van der Waals surface area contributed by atoms with Crippen LogP contribution in [0.15, 0.2) is 114 Å². The average Bonchev–Trinajstić information content (AvgIpc) is 3.58.